The molecule has 4 heteroatoms. The summed E-state index contributed by atoms with van der Waals surface area (Å²) in [5, 5.41) is 0. The van der Waals surface area contributed by atoms with Crippen LogP contribution in [0.1, 0.15) is 34.1 Å². The van der Waals surface area contributed by atoms with Gasteiger partial charge in [-0.2, -0.15) is 0 Å². The van der Waals surface area contributed by atoms with Crippen LogP contribution in [0.5, 0.6) is 0 Å². The molecule has 1 atom stereocenters. The van der Waals surface area contributed by atoms with Gasteiger partial charge in [-0.15, -0.1) is 0 Å². The van der Waals surface area contributed by atoms with Crippen molar-refractivity contribution in [1.29, 1.82) is 0 Å². The predicted molar refractivity (Wildman–Crippen MR) is 66.9 cm³/mol. The second kappa shape index (κ2) is 4.88. The second-order valence-electron chi connectivity index (χ2n) is 5.40. The van der Waals surface area contributed by atoms with Crippen LogP contribution in [0.3, 0.4) is 0 Å². The molecule has 0 saturated heterocycles. The maximum absolute atomic E-state index is 11.9. The van der Waals surface area contributed by atoms with Crippen molar-refractivity contribution in [3.05, 3.63) is 23.8 Å². The minimum absolute atomic E-state index is 0.157. The summed E-state index contributed by atoms with van der Waals surface area (Å²) in [7, 11) is 0. The van der Waals surface area contributed by atoms with Gasteiger partial charge in [-0.25, -0.2) is 0 Å². The molecule has 1 aliphatic carbocycles. The number of ether oxygens (including phenoxy) is 1. The molecule has 0 bridgehead atoms. The number of carbonyl (C=O) groups excluding carboxylic acids is 3. The highest BCUT2D eigenvalue weighted by Gasteiger charge is 2.41. The Balaban J connectivity index is 3.25. The predicted octanol–water partition coefficient (Wildman–Crippen LogP) is 1.99. The van der Waals surface area contributed by atoms with Crippen molar-refractivity contribution >= 4 is 18.0 Å². The van der Waals surface area contributed by atoms with Crippen LogP contribution in [0.15, 0.2) is 23.8 Å². The minimum atomic E-state index is -1.47. The highest BCUT2D eigenvalue weighted by molar-refractivity contribution is 6.03. The van der Waals surface area contributed by atoms with Crippen LogP contribution >= 0.6 is 0 Å². The minimum Gasteiger partial charge on any atom is -0.446 e. The topological polar surface area (TPSA) is 60.4 Å². The smallest absolute Gasteiger partial charge is 0.303 e. The number of aldehydes is 1. The van der Waals surface area contributed by atoms with Crippen LogP contribution in [0.25, 0.3) is 0 Å². The standard InChI is InChI=1S/C14H18O4/c1-10(16)18-14(7-8-15)9-11(13(2,3)4)5-6-12(14)17/h5-6,8-9H,7H2,1-4H3. The quantitative estimate of drug-likeness (QED) is 0.567. The molecule has 0 amide bonds. The van der Waals surface area contributed by atoms with Crippen LogP contribution in [0.2, 0.25) is 0 Å². The van der Waals surface area contributed by atoms with E-state index in [1.165, 1.54) is 13.0 Å². The molecule has 0 radical (unpaired) electrons. The first kappa shape index (κ1) is 14.4. The van der Waals surface area contributed by atoms with E-state index in [1.54, 1.807) is 12.2 Å². The number of esters is 1. The SMILES string of the molecule is CC(=O)OC1(CC=O)C=C(C(C)(C)C)C=CC1=O. The molecule has 0 heterocycles. The van der Waals surface area contributed by atoms with Crippen LogP contribution in [-0.4, -0.2) is 23.6 Å². The molecule has 0 aromatic heterocycles. The fourth-order valence-electron chi connectivity index (χ4n) is 1.80. The summed E-state index contributed by atoms with van der Waals surface area (Å²) in [6, 6.07) is 0. The van der Waals surface area contributed by atoms with Gasteiger partial charge in [0.25, 0.3) is 0 Å². The summed E-state index contributed by atoms with van der Waals surface area (Å²) >= 11 is 0. The fraction of sp³-hybridized carbons (Fsp3) is 0.500. The average molecular weight is 250 g/mol. The van der Waals surface area contributed by atoms with Crippen LogP contribution in [0, 0.1) is 5.41 Å². The fourth-order valence-corrected chi connectivity index (χ4v) is 1.80. The third kappa shape index (κ3) is 2.94. The van der Waals surface area contributed by atoms with Gasteiger partial charge in [-0.1, -0.05) is 26.8 Å². The Morgan fingerprint density at radius 3 is 2.44 bits per heavy atom. The number of allylic oxidation sites excluding steroid dienone is 2. The molecule has 0 fully saturated rings. The summed E-state index contributed by atoms with van der Waals surface area (Å²) in [4.78, 5) is 33.9. The number of rotatable bonds is 3. The zero-order valence-corrected chi connectivity index (χ0v) is 11.1. The van der Waals surface area contributed by atoms with Crippen molar-refractivity contribution in [3.63, 3.8) is 0 Å². The largest absolute Gasteiger partial charge is 0.446 e. The Labute approximate surface area is 107 Å². The average Bonchev–Trinajstić information content (AvgIpc) is 2.20. The molecule has 0 aliphatic heterocycles. The molecule has 1 aliphatic rings. The molecule has 0 saturated carbocycles. The van der Waals surface area contributed by atoms with Crippen LogP contribution in [0.4, 0.5) is 0 Å². The molecule has 98 valence electrons. The van der Waals surface area contributed by atoms with E-state index in [0.717, 1.165) is 5.57 Å². The maximum atomic E-state index is 11.9. The number of hydrogen-bond donors (Lipinski definition) is 0. The van der Waals surface area contributed by atoms with Gasteiger partial charge >= 0.3 is 5.97 Å². The molecule has 0 aromatic rings. The van der Waals surface area contributed by atoms with Gasteiger partial charge in [0.15, 0.2) is 5.60 Å². The Morgan fingerprint density at radius 1 is 1.39 bits per heavy atom. The lowest BCUT2D eigenvalue weighted by Gasteiger charge is -2.32. The summed E-state index contributed by atoms with van der Waals surface area (Å²) in [5.41, 5.74) is -0.790. The highest BCUT2D eigenvalue weighted by atomic mass is 16.6. The van der Waals surface area contributed by atoms with E-state index in [2.05, 4.69) is 0 Å². The molecular formula is C14H18O4. The van der Waals surface area contributed by atoms with Crippen LogP contribution in [-0.2, 0) is 19.1 Å². The zero-order chi connectivity index (χ0) is 14.0. The molecule has 1 unspecified atom stereocenters. The zero-order valence-electron chi connectivity index (χ0n) is 11.1. The van der Waals surface area contributed by atoms with Gasteiger partial charge in [0.1, 0.15) is 6.29 Å². The van der Waals surface area contributed by atoms with E-state index >= 15 is 0 Å². The third-order valence-corrected chi connectivity index (χ3v) is 2.80. The Morgan fingerprint density at radius 2 is 2.00 bits per heavy atom. The van der Waals surface area contributed by atoms with E-state index in [4.69, 9.17) is 4.74 Å². The first-order valence-electron chi connectivity index (χ1n) is 5.80. The van der Waals surface area contributed by atoms with Gasteiger partial charge in [0.05, 0.1) is 6.42 Å². The van der Waals surface area contributed by atoms with E-state index in [9.17, 15) is 14.4 Å². The van der Waals surface area contributed by atoms with E-state index in [0.29, 0.717) is 6.29 Å². The van der Waals surface area contributed by atoms with Crippen molar-refractivity contribution in [3.8, 4) is 0 Å². The van der Waals surface area contributed by atoms with Crippen LogP contribution < -0.4 is 0 Å². The monoisotopic (exact) mass is 250 g/mol. The lowest BCUT2D eigenvalue weighted by molar-refractivity contribution is -0.159. The van der Waals surface area contributed by atoms with Gasteiger partial charge < -0.3 is 9.53 Å². The highest BCUT2D eigenvalue weighted by Crippen LogP contribution is 2.34. The van der Waals surface area contributed by atoms with Gasteiger partial charge in [-0.3, -0.25) is 9.59 Å². The van der Waals surface area contributed by atoms with Gasteiger partial charge in [0, 0.05) is 6.92 Å². The maximum Gasteiger partial charge on any atom is 0.303 e. The molecule has 1 rings (SSSR count). The molecular weight excluding hydrogens is 232 g/mol. The Hall–Kier alpha value is -1.71. The summed E-state index contributed by atoms with van der Waals surface area (Å²) in [6.45, 7) is 7.18. The molecule has 0 N–H and O–H groups in total. The van der Waals surface area contributed by atoms with Gasteiger partial charge in [-0.05, 0) is 23.1 Å². The molecule has 0 aromatic carbocycles. The summed E-state index contributed by atoms with van der Waals surface area (Å²) in [5.74, 6) is -0.956. The molecule has 4 nitrogen and oxygen atoms in total. The first-order valence-corrected chi connectivity index (χ1v) is 5.80. The Bertz CT molecular complexity index is 437. The first-order chi connectivity index (χ1) is 8.21. The Kier molecular flexibility index (Phi) is 3.89. The lowest BCUT2D eigenvalue weighted by Crippen LogP contribution is -2.43. The van der Waals surface area contributed by atoms with Crippen molar-refractivity contribution in [2.45, 2.75) is 39.7 Å². The van der Waals surface area contributed by atoms with Crippen molar-refractivity contribution in [2.75, 3.05) is 0 Å². The van der Waals surface area contributed by atoms with E-state index in [1.807, 2.05) is 20.8 Å². The number of hydrogen-bond acceptors (Lipinski definition) is 4. The second-order valence-corrected chi connectivity index (χ2v) is 5.40. The lowest BCUT2D eigenvalue weighted by atomic mass is 9.78. The molecule has 0 spiro atoms. The van der Waals surface area contributed by atoms with Crippen molar-refractivity contribution in [1.82, 2.24) is 0 Å². The summed E-state index contributed by atoms with van der Waals surface area (Å²) in [6.07, 6.45) is 5.10. The summed E-state index contributed by atoms with van der Waals surface area (Å²) < 4.78 is 5.11. The number of carbonyl (C=O) groups is 3. The molecule has 18 heavy (non-hydrogen) atoms. The van der Waals surface area contributed by atoms with Crippen molar-refractivity contribution in [2.24, 2.45) is 5.41 Å². The number of ketones is 1. The van der Waals surface area contributed by atoms with E-state index < -0.39 is 11.6 Å². The van der Waals surface area contributed by atoms with Gasteiger partial charge in [0.2, 0.25) is 5.78 Å². The van der Waals surface area contributed by atoms with Crippen molar-refractivity contribution < 1.29 is 19.1 Å². The van der Waals surface area contributed by atoms with E-state index in [-0.39, 0.29) is 17.6 Å². The third-order valence-electron chi connectivity index (χ3n) is 2.80. The normalized spacial score (nSPS) is 23.6.